The number of para-hydroxylation sites is 1. The highest BCUT2D eigenvalue weighted by Gasteiger charge is 2.35. The summed E-state index contributed by atoms with van der Waals surface area (Å²) in [5.74, 6) is -2.49. The molecule has 4 rings (SSSR count). The highest BCUT2D eigenvalue weighted by molar-refractivity contribution is 7.92. The predicted octanol–water partition coefficient (Wildman–Crippen LogP) is 4.94. The molecule has 4 aromatic rings. The molecule has 1 N–H and O–H groups in total. The first-order valence-corrected chi connectivity index (χ1v) is 14.8. The zero-order valence-corrected chi connectivity index (χ0v) is 23.8. The van der Waals surface area contributed by atoms with Crippen LogP contribution in [0.1, 0.15) is 18.1 Å². The van der Waals surface area contributed by atoms with E-state index < -0.39 is 46.1 Å². The Kier molecular flexibility index (Phi) is 10.0. The Morgan fingerprint density at radius 3 is 2.00 bits per heavy atom. The monoisotopic (exact) mass is 591 g/mol. The summed E-state index contributed by atoms with van der Waals surface area (Å²) in [5, 5.41) is 2.76. The average Bonchev–Trinajstić information content (AvgIpc) is 3.00. The number of carbonyl (C=O) groups is 2. The summed E-state index contributed by atoms with van der Waals surface area (Å²) >= 11 is 0. The molecule has 0 aliphatic carbocycles. The fourth-order valence-corrected chi connectivity index (χ4v) is 5.96. The van der Waals surface area contributed by atoms with Gasteiger partial charge in [0, 0.05) is 19.5 Å². The molecule has 1 atom stereocenters. The van der Waals surface area contributed by atoms with Crippen LogP contribution in [-0.2, 0) is 32.6 Å². The molecule has 0 aliphatic heterocycles. The number of nitrogens with one attached hydrogen (secondary N) is 1. The molecule has 7 nitrogen and oxygen atoms in total. The average molecular weight is 592 g/mol. The van der Waals surface area contributed by atoms with Gasteiger partial charge in [-0.05, 0) is 54.4 Å². The Labute approximate surface area is 244 Å². The van der Waals surface area contributed by atoms with Gasteiger partial charge in [0.05, 0.1) is 10.6 Å². The van der Waals surface area contributed by atoms with Gasteiger partial charge in [0.1, 0.15) is 24.2 Å². The zero-order chi connectivity index (χ0) is 30.1. The smallest absolute Gasteiger partial charge is 0.264 e. The van der Waals surface area contributed by atoms with E-state index in [0.717, 1.165) is 15.9 Å². The number of rotatable bonds is 12. The van der Waals surface area contributed by atoms with E-state index in [1.54, 1.807) is 13.0 Å². The van der Waals surface area contributed by atoms with Crippen LogP contribution in [0.4, 0.5) is 14.5 Å². The Morgan fingerprint density at radius 1 is 0.786 bits per heavy atom. The van der Waals surface area contributed by atoms with Crippen molar-refractivity contribution in [2.24, 2.45) is 0 Å². The topological polar surface area (TPSA) is 86.8 Å². The van der Waals surface area contributed by atoms with Crippen LogP contribution in [0.3, 0.4) is 0 Å². The van der Waals surface area contributed by atoms with E-state index in [9.17, 15) is 22.4 Å². The second kappa shape index (κ2) is 13.9. The van der Waals surface area contributed by atoms with Crippen molar-refractivity contribution in [1.82, 2.24) is 10.2 Å². The molecule has 0 bridgehead atoms. The van der Waals surface area contributed by atoms with Crippen LogP contribution in [0.25, 0.3) is 0 Å². The number of nitrogens with zero attached hydrogens (tertiary/aromatic N) is 2. The standard InChI is InChI=1S/C32H31F2N3O4S/c1-2-35-32(39)30(21-24-11-5-3-6-12-24)36(22-25-17-19-26(33)20-18-25)31(38)23-37(29-16-10-9-15-28(29)34)42(40,41)27-13-7-4-8-14-27/h3-20,30H,2,21-23H2,1H3,(H,35,39)/t30-/m0/s1. The van der Waals surface area contributed by atoms with Crippen LogP contribution >= 0.6 is 0 Å². The van der Waals surface area contributed by atoms with Crippen LogP contribution in [0.5, 0.6) is 0 Å². The van der Waals surface area contributed by atoms with Crippen LogP contribution in [-0.4, -0.2) is 44.3 Å². The fourth-order valence-electron chi connectivity index (χ4n) is 4.52. The summed E-state index contributed by atoms with van der Waals surface area (Å²) in [7, 11) is -4.40. The maximum atomic E-state index is 15.1. The Bertz CT molecular complexity index is 1600. The first-order chi connectivity index (χ1) is 20.2. The van der Waals surface area contributed by atoms with E-state index in [0.29, 0.717) is 12.1 Å². The molecule has 0 radical (unpaired) electrons. The molecule has 0 heterocycles. The molecular formula is C32H31F2N3O4S. The van der Waals surface area contributed by atoms with Gasteiger partial charge in [-0.2, -0.15) is 0 Å². The highest BCUT2D eigenvalue weighted by Crippen LogP contribution is 2.27. The van der Waals surface area contributed by atoms with Gasteiger partial charge in [-0.3, -0.25) is 13.9 Å². The molecule has 218 valence electrons. The molecule has 2 amide bonds. The van der Waals surface area contributed by atoms with Crippen molar-refractivity contribution in [3.63, 3.8) is 0 Å². The molecule has 0 aliphatic rings. The summed E-state index contributed by atoms with van der Waals surface area (Å²) in [6.45, 7) is 1.14. The van der Waals surface area contributed by atoms with Gasteiger partial charge in [-0.1, -0.05) is 72.8 Å². The third kappa shape index (κ3) is 7.38. The van der Waals surface area contributed by atoms with Crippen molar-refractivity contribution in [3.05, 3.63) is 132 Å². The SMILES string of the molecule is CCNC(=O)[C@H](Cc1ccccc1)N(Cc1ccc(F)cc1)C(=O)CN(c1ccccc1F)S(=O)(=O)c1ccccc1. The number of halogens is 2. The van der Waals surface area contributed by atoms with Crippen LogP contribution in [0, 0.1) is 11.6 Å². The number of amides is 2. The van der Waals surface area contributed by atoms with Crippen molar-refractivity contribution in [1.29, 1.82) is 0 Å². The number of anilines is 1. The first kappa shape index (κ1) is 30.4. The Morgan fingerprint density at radius 2 is 1.38 bits per heavy atom. The second-order valence-electron chi connectivity index (χ2n) is 9.52. The van der Waals surface area contributed by atoms with E-state index in [4.69, 9.17) is 0 Å². The van der Waals surface area contributed by atoms with Crippen molar-refractivity contribution >= 4 is 27.5 Å². The van der Waals surface area contributed by atoms with E-state index in [-0.39, 0.29) is 23.5 Å². The van der Waals surface area contributed by atoms with Gasteiger partial charge in [0.2, 0.25) is 11.8 Å². The number of benzene rings is 4. The minimum Gasteiger partial charge on any atom is -0.355 e. The minimum absolute atomic E-state index is 0.121. The maximum Gasteiger partial charge on any atom is 0.264 e. The number of sulfonamides is 1. The van der Waals surface area contributed by atoms with Crippen molar-refractivity contribution < 1.29 is 26.8 Å². The zero-order valence-electron chi connectivity index (χ0n) is 23.0. The quantitative estimate of drug-likeness (QED) is 0.253. The van der Waals surface area contributed by atoms with Crippen LogP contribution in [0.15, 0.2) is 114 Å². The number of carbonyl (C=O) groups excluding carboxylic acids is 2. The summed E-state index contributed by atoms with van der Waals surface area (Å²) in [6.07, 6.45) is 0.130. The summed E-state index contributed by atoms with van der Waals surface area (Å²) in [6, 6.07) is 26.2. The van der Waals surface area contributed by atoms with E-state index >= 15 is 4.39 Å². The second-order valence-corrected chi connectivity index (χ2v) is 11.4. The molecule has 42 heavy (non-hydrogen) atoms. The Balaban J connectivity index is 1.79. The molecule has 0 aromatic heterocycles. The lowest BCUT2D eigenvalue weighted by Crippen LogP contribution is -2.53. The van der Waals surface area contributed by atoms with Gasteiger partial charge in [-0.15, -0.1) is 0 Å². The van der Waals surface area contributed by atoms with Gasteiger partial charge in [0.15, 0.2) is 0 Å². The van der Waals surface area contributed by atoms with Crippen molar-refractivity contribution in [2.75, 3.05) is 17.4 Å². The number of hydrogen-bond acceptors (Lipinski definition) is 4. The lowest BCUT2D eigenvalue weighted by Gasteiger charge is -2.33. The summed E-state index contributed by atoms with van der Waals surface area (Å²) in [4.78, 5) is 28.7. The predicted molar refractivity (Wildman–Crippen MR) is 157 cm³/mol. The molecule has 0 spiro atoms. The lowest BCUT2D eigenvalue weighted by molar-refractivity contribution is -0.140. The summed E-state index contributed by atoms with van der Waals surface area (Å²) in [5.41, 5.74) is 0.984. The normalized spacial score (nSPS) is 11.9. The Hall–Kier alpha value is -4.57. The molecular weight excluding hydrogens is 560 g/mol. The van der Waals surface area contributed by atoms with E-state index in [1.807, 2.05) is 30.3 Å². The van der Waals surface area contributed by atoms with Gasteiger partial charge in [0.25, 0.3) is 10.0 Å². The van der Waals surface area contributed by atoms with Crippen LogP contribution in [0.2, 0.25) is 0 Å². The lowest BCUT2D eigenvalue weighted by atomic mass is 10.0. The first-order valence-electron chi connectivity index (χ1n) is 13.4. The number of likely N-dealkylation sites (N-methyl/N-ethyl adjacent to an activating group) is 1. The molecule has 0 fully saturated rings. The van der Waals surface area contributed by atoms with Crippen molar-refractivity contribution in [3.8, 4) is 0 Å². The van der Waals surface area contributed by atoms with Crippen molar-refractivity contribution in [2.45, 2.75) is 30.8 Å². The summed E-state index contributed by atoms with van der Waals surface area (Å²) < 4.78 is 57.1. The minimum atomic E-state index is -4.40. The van der Waals surface area contributed by atoms with E-state index in [2.05, 4.69) is 5.32 Å². The molecule has 0 unspecified atom stereocenters. The largest absolute Gasteiger partial charge is 0.355 e. The van der Waals surface area contributed by atoms with Gasteiger partial charge in [-0.25, -0.2) is 17.2 Å². The van der Waals surface area contributed by atoms with Crippen LogP contribution < -0.4 is 9.62 Å². The molecule has 0 saturated carbocycles. The van der Waals surface area contributed by atoms with Gasteiger partial charge < -0.3 is 10.2 Å². The number of hydrogen-bond donors (Lipinski definition) is 1. The molecule has 0 saturated heterocycles. The highest BCUT2D eigenvalue weighted by atomic mass is 32.2. The third-order valence-corrected chi connectivity index (χ3v) is 8.39. The fraction of sp³-hybridized carbons (Fsp3) is 0.188. The molecule has 4 aromatic carbocycles. The molecule has 10 heteroatoms. The third-order valence-electron chi connectivity index (χ3n) is 6.62. The maximum absolute atomic E-state index is 15.1. The van der Waals surface area contributed by atoms with E-state index in [1.165, 1.54) is 71.6 Å². The van der Waals surface area contributed by atoms with Gasteiger partial charge >= 0.3 is 0 Å².